The smallest absolute Gasteiger partial charge is 0.0414 e. The molecule has 0 heterocycles. The van der Waals surface area contributed by atoms with Crippen molar-refractivity contribution in [1.82, 2.24) is 0 Å². The van der Waals surface area contributed by atoms with Crippen LogP contribution in [-0.4, -0.2) is 0 Å². The third-order valence-electron chi connectivity index (χ3n) is 3.35. The van der Waals surface area contributed by atoms with Gasteiger partial charge in [0.05, 0.1) is 0 Å². The summed E-state index contributed by atoms with van der Waals surface area (Å²) in [5, 5.41) is 0. The highest BCUT2D eigenvalue weighted by atomic mass is 14.2. The highest BCUT2D eigenvalue weighted by molar-refractivity contribution is 4.69. The second-order valence-electron chi connectivity index (χ2n) is 4.62. The molecule has 0 aliphatic heterocycles. The quantitative estimate of drug-likeness (QED) is 0.538. The van der Waals surface area contributed by atoms with Crippen molar-refractivity contribution < 1.29 is 0 Å². The van der Waals surface area contributed by atoms with Gasteiger partial charge in [-0.1, -0.05) is 72.6 Å². The van der Waals surface area contributed by atoms with Gasteiger partial charge in [0.25, 0.3) is 0 Å². The van der Waals surface area contributed by atoms with Gasteiger partial charge in [0.15, 0.2) is 0 Å². The van der Waals surface area contributed by atoms with Crippen LogP contribution in [0.15, 0.2) is 0 Å². The second-order valence-corrected chi connectivity index (χ2v) is 4.62. The van der Waals surface area contributed by atoms with Crippen molar-refractivity contribution in [2.45, 2.75) is 72.6 Å². The van der Waals surface area contributed by atoms with E-state index in [1.165, 1.54) is 51.4 Å². The number of unbranched alkanes of at least 4 members (excludes halogenated alkanes) is 2. The predicted molar refractivity (Wildman–Crippen MR) is 62.0 cm³/mol. The van der Waals surface area contributed by atoms with E-state index in [1.54, 1.807) is 0 Å². The van der Waals surface area contributed by atoms with Gasteiger partial charge >= 0.3 is 0 Å². The lowest BCUT2D eigenvalue weighted by Crippen LogP contribution is -2.11. The summed E-state index contributed by atoms with van der Waals surface area (Å²) in [5.74, 6) is 2.11. The molecular formula is C13H28. The molecule has 0 aromatic heterocycles. The van der Waals surface area contributed by atoms with E-state index in [0.29, 0.717) is 0 Å². The van der Waals surface area contributed by atoms with E-state index in [2.05, 4.69) is 13.8 Å². The van der Waals surface area contributed by atoms with Crippen molar-refractivity contribution in [2.24, 2.45) is 11.8 Å². The molecule has 0 aromatic carbocycles. The molecule has 1 aliphatic carbocycles. The maximum atomic E-state index is 2.41. The largest absolute Gasteiger partial charge is 0.0776 e. The van der Waals surface area contributed by atoms with Crippen molar-refractivity contribution in [1.29, 1.82) is 0 Å². The van der Waals surface area contributed by atoms with Gasteiger partial charge in [0.1, 0.15) is 0 Å². The Balaban J connectivity index is 0.00000144. The molecule has 0 saturated heterocycles. The molecule has 0 radical (unpaired) electrons. The van der Waals surface area contributed by atoms with Gasteiger partial charge in [0.2, 0.25) is 0 Å². The van der Waals surface area contributed by atoms with Crippen molar-refractivity contribution in [3.05, 3.63) is 0 Å². The standard InChI is InChI=1S/C12H24.CH4/c1-3-4-5-6-12-9-7-11(2)8-10-12;/h11-12H,3-10H2,1-2H3;1H4. The van der Waals surface area contributed by atoms with Gasteiger partial charge in [-0.2, -0.15) is 0 Å². The normalized spacial score (nSPS) is 28.2. The lowest BCUT2D eigenvalue weighted by Gasteiger charge is -2.25. The van der Waals surface area contributed by atoms with E-state index in [-0.39, 0.29) is 7.43 Å². The van der Waals surface area contributed by atoms with Gasteiger partial charge in [0, 0.05) is 0 Å². The number of hydrogen-bond acceptors (Lipinski definition) is 0. The first-order valence-electron chi connectivity index (χ1n) is 5.83. The minimum atomic E-state index is 0. The fraction of sp³-hybridized carbons (Fsp3) is 1.00. The molecule has 1 rings (SSSR count). The zero-order valence-corrected chi connectivity index (χ0v) is 8.81. The Hall–Kier alpha value is 0. The molecule has 0 bridgehead atoms. The summed E-state index contributed by atoms with van der Waals surface area (Å²) in [6, 6.07) is 0. The zero-order chi connectivity index (χ0) is 8.81. The molecule has 1 fully saturated rings. The maximum Gasteiger partial charge on any atom is -0.0414 e. The van der Waals surface area contributed by atoms with E-state index in [1.807, 2.05) is 0 Å². The Morgan fingerprint density at radius 3 is 2.15 bits per heavy atom. The predicted octanol–water partition coefficient (Wildman–Crippen LogP) is 5.03. The van der Waals surface area contributed by atoms with Crippen molar-refractivity contribution in [3.8, 4) is 0 Å². The van der Waals surface area contributed by atoms with Crippen LogP contribution in [0.4, 0.5) is 0 Å². The van der Waals surface area contributed by atoms with Gasteiger partial charge in [-0.15, -0.1) is 0 Å². The summed E-state index contributed by atoms with van der Waals surface area (Å²) >= 11 is 0. The summed E-state index contributed by atoms with van der Waals surface area (Å²) in [6.07, 6.45) is 11.9. The summed E-state index contributed by atoms with van der Waals surface area (Å²) < 4.78 is 0. The Bertz CT molecular complexity index is 98.6. The molecular weight excluding hydrogens is 156 g/mol. The van der Waals surface area contributed by atoms with E-state index < -0.39 is 0 Å². The highest BCUT2D eigenvalue weighted by Crippen LogP contribution is 2.31. The molecule has 0 spiro atoms. The van der Waals surface area contributed by atoms with Crippen molar-refractivity contribution in [3.63, 3.8) is 0 Å². The Morgan fingerprint density at radius 2 is 1.62 bits per heavy atom. The molecule has 80 valence electrons. The van der Waals surface area contributed by atoms with Crippen LogP contribution in [-0.2, 0) is 0 Å². The van der Waals surface area contributed by atoms with Crippen LogP contribution in [0.25, 0.3) is 0 Å². The fourth-order valence-corrected chi connectivity index (χ4v) is 2.30. The lowest BCUT2D eigenvalue weighted by atomic mass is 9.80. The summed E-state index contributed by atoms with van der Waals surface area (Å²) in [4.78, 5) is 0. The molecule has 0 N–H and O–H groups in total. The van der Waals surface area contributed by atoms with E-state index in [4.69, 9.17) is 0 Å². The van der Waals surface area contributed by atoms with Crippen LogP contribution in [0.1, 0.15) is 72.6 Å². The molecule has 1 saturated carbocycles. The summed E-state index contributed by atoms with van der Waals surface area (Å²) in [5.41, 5.74) is 0. The fourth-order valence-electron chi connectivity index (χ4n) is 2.30. The monoisotopic (exact) mass is 184 g/mol. The van der Waals surface area contributed by atoms with Crippen LogP contribution in [0.3, 0.4) is 0 Å². The molecule has 0 amide bonds. The van der Waals surface area contributed by atoms with Gasteiger partial charge in [-0.25, -0.2) is 0 Å². The molecule has 13 heavy (non-hydrogen) atoms. The first kappa shape index (κ1) is 13.0. The lowest BCUT2D eigenvalue weighted by molar-refractivity contribution is 0.272. The van der Waals surface area contributed by atoms with Gasteiger partial charge in [-0.3, -0.25) is 0 Å². The minimum absolute atomic E-state index is 0. The zero-order valence-electron chi connectivity index (χ0n) is 8.81. The van der Waals surface area contributed by atoms with Crippen LogP contribution >= 0.6 is 0 Å². The van der Waals surface area contributed by atoms with Crippen LogP contribution < -0.4 is 0 Å². The maximum absolute atomic E-state index is 2.41. The Labute approximate surface area is 85.1 Å². The molecule has 1 aliphatic rings. The van der Waals surface area contributed by atoms with Crippen molar-refractivity contribution >= 4 is 0 Å². The Morgan fingerprint density at radius 1 is 1.00 bits per heavy atom. The topological polar surface area (TPSA) is 0 Å². The van der Waals surface area contributed by atoms with E-state index in [0.717, 1.165) is 11.8 Å². The van der Waals surface area contributed by atoms with Crippen LogP contribution in [0.5, 0.6) is 0 Å². The third kappa shape index (κ3) is 5.33. The number of rotatable bonds is 4. The number of hydrogen-bond donors (Lipinski definition) is 0. The molecule has 0 aromatic rings. The SMILES string of the molecule is C.CCCCCC1CCC(C)CC1. The van der Waals surface area contributed by atoms with Gasteiger partial charge < -0.3 is 0 Å². The minimum Gasteiger partial charge on any atom is -0.0776 e. The third-order valence-corrected chi connectivity index (χ3v) is 3.35. The summed E-state index contributed by atoms with van der Waals surface area (Å²) in [7, 11) is 0. The average Bonchev–Trinajstić information content (AvgIpc) is 2.09. The van der Waals surface area contributed by atoms with Gasteiger partial charge in [-0.05, 0) is 11.8 Å². The van der Waals surface area contributed by atoms with Crippen LogP contribution in [0, 0.1) is 11.8 Å². The molecule has 0 atom stereocenters. The average molecular weight is 184 g/mol. The first-order valence-corrected chi connectivity index (χ1v) is 5.83. The van der Waals surface area contributed by atoms with E-state index in [9.17, 15) is 0 Å². The second kappa shape index (κ2) is 7.41. The Kier molecular flexibility index (Phi) is 7.41. The summed E-state index contributed by atoms with van der Waals surface area (Å²) in [6.45, 7) is 4.70. The van der Waals surface area contributed by atoms with Crippen molar-refractivity contribution in [2.75, 3.05) is 0 Å². The molecule has 0 unspecified atom stereocenters. The highest BCUT2D eigenvalue weighted by Gasteiger charge is 2.17. The van der Waals surface area contributed by atoms with Crippen LogP contribution in [0.2, 0.25) is 0 Å². The van der Waals surface area contributed by atoms with E-state index >= 15 is 0 Å². The first-order chi connectivity index (χ1) is 5.83. The molecule has 0 nitrogen and oxygen atoms in total. The molecule has 0 heteroatoms.